The maximum atomic E-state index is 14.3. The van der Waals surface area contributed by atoms with Crippen LogP contribution in [0.2, 0.25) is 0 Å². The van der Waals surface area contributed by atoms with Gasteiger partial charge in [-0.05, 0) is 42.7 Å². The molecule has 3 aromatic rings. The third-order valence-corrected chi connectivity index (χ3v) is 4.75. The number of carbonyl (C=O) groups is 1. The van der Waals surface area contributed by atoms with Gasteiger partial charge in [-0.25, -0.2) is 9.82 Å². The summed E-state index contributed by atoms with van der Waals surface area (Å²) in [4.78, 5) is 14.3. The molecular formula is C21H20FN3O3. The average molecular weight is 381 g/mol. The predicted octanol–water partition coefficient (Wildman–Crippen LogP) is 3.94. The number of methoxy groups -OCH3 is 1. The molecule has 0 bridgehead atoms. The maximum Gasteiger partial charge on any atom is 0.307 e. The van der Waals surface area contributed by atoms with E-state index in [4.69, 9.17) is 9.15 Å². The Hall–Kier alpha value is -3.35. The molecule has 0 aliphatic carbocycles. The molecule has 1 aliphatic rings. The molecule has 0 unspecified atom stereocenters. The number of ether oxygens (including phenoxy) is 1. The average Bonchev–Trinajstić information content (AvgIpc) is 3.37. The first kappa shape index (κ1) is 18.0. The molecule has 7 heteroatoms. The Bertz CT molecular complexity index is 1040. The Morgan fingerprint density at radius 3 is 2.82 bits per heavy atom. The number of carbonyl (C=O) groups excluding carboxylic acids is 1. The van der Waals surface area contributed by atoms with Crippen molar-refractivity contribution >= 4 is 28.8 Å². The summed E-state index contributed by atoms with van der Waals surface area (Å²) in [5.74, 6) is -0.119. The number of hydrogen-bond acceptors (Lipinski definition) is 5. The largest absolute Gasteiger partial charge is 0.493 e. The van der Waals surface area contributed by atoms with Gasteiger partial charge in [-0.2, -0.15) is 5.10 Å². The molecule has 1 amide bonds. The molecule has 0 atom stereocenters. The zero-order valence-corrected chi connectivity index (χ0v) is 15.4. The molecule has 1 saturated heterocycles. The second kappa shape index (κ2) is 7.72. The fourth-order valence-electron chi connectivity index (χ4n) is 3.35. The van der Waals surface area contributed by atoms with Crippen molar-refractivity contribution in [1.29, 1.82) is 0 Å². The van der Waals surface area contributed by atoms with Gasteiger partial charge in [0, 0.05) is 18.5 Å². The summed E-state index contributed by atoms with van der Waals surface area (Å²) in [5.41, 5.74) is 4.07. The van der Waals surface area contributed by atoms with Gasteiger partial charge in [0.15, 0.2) is 17.1 Å². The first-order chi connectivity index (χ1) is 13.7. The lowest BCUT2D eigenvalue weighted by atomic mass is 10.2. The Morgan fingerprint density at radius 1 is 1.25 bits per heavy atom. The maximum absolute atomic E-state index is 14.3. The highest BCUT2D eigenvalue weighted by Crippen LogP contribution is 2.28. The summed E-state index contributed by atoms with van der Waals surface area (Å²) >= 11 is 0. The van der Waals surface area contributed by atoms with Gasteiger partial charge in [0.05, 0.1) is 19.0 Å². The van der Waals surface area contributed by atoms with Crippen LogP contribution < -0.4 is 15.1 Å². The summed E-state index contributed by atoms with van der Waals surface area (Å²) in [6, 6.07) is 11.9. The molecule has 0 saturated carbocycles. The van der Waals surface area contributed by atoms with Crippen LogP contribution in [-0.4, -0.2) is 32.3 Å². The van der Waals surface area contributed by atoms with Gasteiger partial charge in [0.2, 0.25) is 0 Å². The third kappa shape index (κ3) is 3.55. The second-order valence-corrected chi connectivity index (χ2v) is 6.59. The van der Waals surface area contributed by atoms with Gasteiger partial charge < -0.3 is 14.1 Å². The van der Waals surface area contributed by atoms with Crippen molar-refractivity contribution in [2.45, 2.75) is 12.8 Å². The highest BCUT2D eigenvalue weighted by Gasteiger charge is 2.16. The van der Waals surface area contributed by atoms with Crippen LogP contribution in [0.25, 0.3) is 11.0 Å². The summed E-state index contributed by atoms with van der Waals surface area (Å²) in [6.45, 7) is 1.76. The molecular weight excluding hydrogens is 361 g/mol. The molecule has 2 heterocycles. The summed E-state index contributed by atoms with van der Waals surface area (Å²) in [6.07, 6.45) is 3.57. The standard InChI is InChI=1S/C21H20FN3O3/c1-27-18-6-4-5-15-12-19(28-20(15)18)21(26)24-23-13-14-7-8-17(16(22)11-14)25-9-2-3-10-25/h4-8,11-13H,2-3,9-10H2,1H3,(H,24,26)/b23-13-. The number of nitrogens with zero attached hydrogens (tertiary/aromatic N) is 2. The van der Waals surface area contributed by atoms with Crippen LogP contribution in [-0.2, 0) is 0 Å². The van der Waals surface area contributed by atoms with Crippen LogP contribution in [0.5, 0.6) is 5.75 Å². The van der Waals surface area contributed by atoms with E-state index < -0.39 is 5.91 Å². The van der Waals surface area contributed by atoms with E-state index in [1.54, 1.807) is 24.3 Å². The molecule has 0 radical (unpaired) electrons. The summed E-state index contributed by atoms with van der Waals surface area (Å²) in [5, 5.41) is 4.66. The third-order valence-electron chi connectivity index (χ3n) is 4.75. The Kier molecular flexibility index (Phi) is 4.97. The van der Waals surface area contributed by atoms with Crippen molar-refractivity contribution in [3.8, 4) is 5.75 Å². The number of hydrazone groups is 1. The van der Waals surface area contributed by atoms with Crippen molar-refractivity contribution in [2.24, 2.45) is 5.10 Å². The van der Waals surface area contributed by atoms with E-state index in [1.165, 1.54) is 19.4 Å². The minimum absolute atomic E-state index is 0.118. The lowest BCUT2D eigenvalue weighted by Gasteiger charge is -2.18. The number of nitrogens with one attached hydrogen (secondary N) is 1. The van der Waals surface area contributed by atoms with Crippen molar-refractivity contribution in [1.82, 2.24) is 5.43 Å². The van der Waals surface area contributed by atoms with E-state index in [1.807, 2.05) is 17.0 Å². The van der Waals surface area contributed by atoms with Gasteiger partial charge in [-0.15, -0.1) is 0 Å². The molecule has 1 N–H and O–H groups in total. The van der Waals surface area contributed by atoms with E-state index in [0.717, 1.165) is 31.3 Å². The van der Waals surface area contributed by atoms with Crippen molar-refractivity contribution in [2.75, 3.05) is 25.1 Å². The second-order valence-electron chi connectivity index (χ2n) is 6.59. The minimum atomic E-state index is -0.497. The normalized spacial score (nSPS) is 14.1. The fraction of sp³-hybridized carbons (Fsp3) is 0.238. The first-order valence-corrected chi connectivity index (χ1v) is 9.10. The smallest absolute Gasteiger partial charge is 0.307 e. The molecule has 1 fully saturated rings. The fourth-order valence-corrected chi connectivity index (χ4v) is 3.35. The first-order valence-electron chi connectivity index (χ1n) is 9.10. The number of halogens is 1. The zero-order valence-electron chi connectivity index (χ0n) is 15.4. The predicted molar refractivity (Wildman–Crippen MR) is 106 cm³/mol. The number of rotatable bonds is 5. The molecule has 4 rings (SSSR count). The highest BCUT2D eigenvalue weighted by molar-refractivity contribution is 5.97. The molecule has 1 aliphatic heterocycles. The summed E-state index contributed by atoms with van der Waals surface area (Å²) < 4.78 is 25.1. The SMILES string of the molecule is COc1cccc2cc(C(=O)N/N=C\c3ccc(N4CCCC4)c(F)c3)oc12. The molecule has 2 aromatic carbocycles. The number of fused-ring (bicyclic) bond motifs is 1. The zero-order chi connectivity index (χ0) is 19.5. The number of furan rings is 1. The monoisotopic (exact) mass is 381 g/mol. The highest BCUT2D eigenvalue weighted by atomic mass is 19.1. The van der Waals surface area contributed by atoms with Crippen molar-refractivity contribution in [3.63, 3.8) is 0 Å². The van der Waals surface area contributed by atoms with Crippen LogP contribution in [0.4, 0.5) is 10.1 Å². The lowest BCUT2D eigenvalue weighted by molar-refractivity contribution is 0.0929. The van der Waals surface area contributed by atoms with Crippen LogP contribution in [0.1, 0.15) is 29.0 Å². The number of para-hydroxylation sites is 1. The molecule has 0 spiro atoms. The van der Waals surface area contributed by atoms with E-state index in [9.17, 15) is 9.18 Å². The minimum Gasteiger partial charge on any atom is -0.493 e. The molecule has 144 valence electrons. The molecule has 28 heavy (non-hydrogen) atoms. The number of amides is 1. The molecule has 6 nitrogen and oxygen atoms in total. The number of hydrogen-bond donors (Lipinski definition) is 1. The van der Waals surface area contributed by atoms with Crippen LogP contribution >= 0.6 is 0 Å². The van der Waals surface area contributed by atoms with E-state index >= 15 is 0 Å². The number of anilines is 1. The Labute approximate surface area is 161 Å². The van der Waals surface area contributed by atoms with Crippen LogP contribution in [0, 0.1) is 5.82 Å². The van der Waals surface area contributed by atoms with Crippen molar-refractivity contribution < 1.29 is 18.3 Å². The van der Waals surface area contributed by atoms with E-state index in [0.29, 0.717) is 22.6 Å². The molecule has 1 aromatic heterocycles. The lowest BCUT2D eigenvalue weighted by Crippen LogP contribution is -2.19. The van der Waals surface area contributed by atoms with Crippen LogP contribution in [0.15, 0.2) is 52.0 Å². The van der Waals surface area contributed by atoms with Crippen LogP contribution in [0.3, 0.4) is 0 Å². The van der Waals surface area contributed by atoms with Gasteiger partial charge >= 0.3 is 5.91 Å². The van der Waals surface area contributed by atoms with E-state index in [2.05, 4.69) is 10.5 Å². The van der Waals surface area contributed by atoms with E-state index in [-0.39, 0.29) is 11.6 Å². The van der Waals surface area contributed by atoms with Gasteiger partial charge in [0.1, 0.15) is 5.82 Å². The van der Waals surface area contributed by atoms with Gasteiger partial charge in [0.25, 0.3) is 0 Å². The van der Waals surface area contributed by atoms with Crippen molar-refractivity contribution in [3.05, 3.63) is 59.6 Å². The summed E-state index contributed by atoms with van der Waals surface area (Å²) in [7, 11) is 1.54. The number of benzene rings is 2. The van der Waals surface area contributed by atoms with Gasteiger partial charge in [-0.3, -0.25) is 4.79 Å². The van der Waals surface area contributed by atoms with Gasteiger partial charge in [-0.1, -0.05) is 18.2 Å². The Morgan fingerprint density at radius 2 is 2.07 bits per heavy atom. The quantitative estimate of drug-likeness (QED) is 0.537. The Balaban J connectivity index is 1.44. The topological polar surface area (TPSA) is 67.1 Å².